The first kappa shape index (κ1) is 26.5. The van der Waals surface area contributed by atoms with Crippen LogP contribution in [0.4, 0.5) is 16.3 Å². The average Bonchev–Trinajstić information content (AvgIpc) is 3.08. The lowest BCUT2D eigenvalue weighted by atomic mass is 9.92. The average molecular weight is 551 g/mol. The minimum Gasteiger partial charge on any atom is -0.306 e. The number of halogens is 2. The predicted molar refractivity (Wildman–Crippen MR) is 145 cm³/mol. The molecule has 0 radical (unpaired) electrons. The molecule has 3 aromatic rings. The van der Waals surface area contributed by atoms with Gasteiger partial charge in [0.15, 0.2) is 0 Å². The number of hydrogen-bond donors (Lipinski definition) is 2. The second kappa shape index (κ2) is 10.0. The van der Waals surface area contributed by atoms with Crippen LogP contribution in [0.15, 0.2) is 42.5 Å². The summed E-state index contributed by atoms with van der Waals surface area (Å²) in [5.41, 5.74) is 3.88. The van der Waals surface area contributed by atoms with E-state index in [0.29, 0.717) is 42.5 Å². The molecule has 36 heavy (non-hydrogen) atoms. The van der Waals surface area contributed by atoms with E-state index in [0.717, 1.165) is 22.5 Å². The summed E-state index contributed by atoms with van der Waals surface area (Å²) in [4.78, 5) is 12.9. The molecule has 0 atom stereocenters. The maximum Gasteiger partial charge on any atom is 0.324 e. The van der Waals surface area contributed by atoms with Crippen LogP contribution in [0.1, 0.15) is 37.6 Å². The van der Waals surface area contributed by atoms with Crippen LogP contribution in [0.25, 0.3) is 5.69 Å². The van der Waals surface area contributed by atoms with Crippen LogP contribution in [0.2, 0.25) is 10.0 Å². The second-order valence-corrected chi connectivity index (χ2v) is 12.6. The van der Waals surface area contributed by atoms with Gasteiger partial charge in [0.25, 0.3) is 0 Å². The number of rotatable bonds is 4. The highest BCUT2D eigenvalue weighted by atomic mass is 35.5. The SMILES string of the molecule is CC(C)(C)c1cc(NC(=O)Nc2cccc(Cl)c2Cl)n(-c2ccc3c(c2)CCN(S(C)(=O)=O)CC3)n1. The molecular weight excluding hydrogens is 521 g/mol. The zero-order valence-corrected chi connectivity index (χ0v) is 22.9. The first-order chi connectivity index (χ1) is 16.8. The predicted octanol–water partition coefficient (Wildman–Crippen LogP) is 5.48. The van der Waals surface area contributed by atoms with Gasteiger partial charge in [0.05, 0.1) is 33.4 Å². The molecule has 0 bridgehead atoms. The van der Waals surface area contributed by atoms with Crippen molar-refractivity contribution in [3.05, 3.63) is 69.3 Å². The molecule has 2 N–H and O–H groups in total. The third kappa shape index (κ3) is 5.86. The van der Waals surface area contributed by atoms with Gasteiger partial charge in [0.1, 0.15) is 5.82 Å². The zero-order valence-electron chi connectivity index (χ0n) is 20.6. The number of amides is 2. The van der Waals surface area contributed by atoms with Gasteiger partial charge in [-0.05, 0) is 48.2 Å². The molecule has 0 saturated heterocycles. The number of carbonyl (C=O) groups excluding carboxylic acids is 1. The summed E-state index contributed by atoms with van der Waals surface area (Å²) >= 11 is 12.3. The van der Waals surface area contributed by atoms with Crippen LogP contribution in [-0.4, -0.2) is 47.9 Å². The molecule has 0 aliphatic carbocycles. The number of nitrogens with one attached hydrogen (secondary N) is 2. The summed E-state index contributed by atoms with van der Waals surface area (Å²) in [5, 5.41) is 11.0. The molecule has 2 heterocycles. The maximum atomic E-state index is 12.9. The Bertz CT molecular complexity index is 1410. The lowest BCUT2D eigenvalue weighted by Crippen LogP contribution is -2.32. The fourth-order valence-electron chi connectivity index (χ4n) is 4.06. The van der Waals surface area contributed by atoms with Crippen LogP contribution in [0, 0.1) is 0 Å². The van der Waals surface area contributed by atoms with Crippen molar-refractivity contribution in [2.24, 2.45) is 0 Å². The summed E-state index contributed by atoms with van der Waals surface area (Å²) in [6.45, 7) is 7.03. The topological polar surface area (TPSA) is 96.3 Å². The Morgan fingerprint density at radius 2 is 1.69 bits per heavy atom. The molecule has 4 rings (SSSR count). The Hall–Kier alpha value is -2.59. The number of fused-ring (bicyclic) bond motifs is 1. The molecule has 2 aromatic carbocycles. The van der Waals surface area contributed by atoms with Crippen molar-refractivity contribution >= 4 is 50.8 Å². The van der Waals surface area contributed by atoms with Crippen LogP contribution < -0.4 is 10.6 Å². The van der Waals surface area contributed by atoms with Crippen molar-refractivity contribution in [2.45, 2.75) is 39.0 Å². The molecule has 1 aromatic heterocycles. The van der Waals surface area contributed by atoms with Gasteiger partial charge in [0, 0.05) is 24.6 Å². The van der Waals surface area contributed by atoms with Gasteiger partial charge in [0.2, 0.25) is 10.0 Å². The summed E-state index contributed by atoms with van der Waals surface area (Å²) in [6.07, 6.45) is 2.48. The number of sulfonamides is 1. The Kier molecular flexibility index (Phi) is 7.39. The highest BCUT2D eigenvalue weighted by Gasteiger charge is 2.24. The van der Waals surface area contributed by atoms with Gasteiger partial charge in [-0.3, -0.25) is 5.32 Å². The normalized spacial score (nSPS) is 14.7. The third-order valence-corrected chi connectivity index (χ3v) is 8.21. The Labute approximate surface area is 221 Å². The fourth-order valence-corrected chi connectivity index (χ4v) is 5.25. The van der Waals surface area contributed by atoms with Crippen LogP contribution in [0.3, 0.4) is 0 Å². The number of nitrogens with zero attached hydrogens (tertiary/aromatic N) is 3. The van der Waals surface area contributed by atoms with Crippen LogP contribution >= 0.6 is 23.2 Å². The maximum absolute atomic E-state index is 12.9. The lowest BCUT2D eigenvalue weighted by Gasteiger charge is -2.16. The number of aromatic nitrogens is 2. The van der Waals surface area contributed by atoms with E-state index in [1.54, 1.807) is 22.9 Å². The van der Waals surface area contributed by atoms with E-state index >= 15 is 0 Å². The monoisotopic (exact) mass is 549 g/mol. The van der Waals surface area contributed by atoms with Gasteiger partial charge < -0.3 is 5.32 Å². The highest BCUT2D eigenvalue weighted by Crippen LogP contribution is 2.31. The molecule has 2 amide bonds. The van der Waals surface area contributed by atoms with E-state index in [4.69, 9.17) is 28.3 Å². The summed E-state index contributed by atoms with van der Waals surface area (Å²) in [7, 11) is -3.25. The smallest absolute Gasteiger partial charge is 0.306 e. The van der Waals surface area contributed by atoms with Gasteiger partial charge >= 0.3 is 6.03 Å². The summed E-state index contributed by atoms with van der Waals surface area (Å²) in [6, 6.07) is 12.3. The largest absolute Gasteiger partial charge is 0.324 e. The van der Waals surface area contributed by atoms with Gasteiger partial charge in [-0.15, -0.1) is 0 Å². The third-order valence-electron chi connectivity index (χ3n) is 6.08. The van der Waals surface area contributed by atoms with Crippen LogP contribution in [-0.2, 0) is 28.3 Å². The van der Waals surface area contributed by atoms with Crippen LogP contribution in [0.5, 0.6) is 0 Å². The number of carbonyl (C=O) groups is 1. The molecule has 0 spiro atoms. The van der Waals surface area contributed by atoms with Crippen molar-refractivity contribution < 1.29 is 13.2 Å². The van der Waals surface area contributed by atoms with Crippen molar-refractivity contribution in [3.8, 4) is 5.69 Å². The number of urea groups is 1. The van der Waals surface area contributed by atoms with E-state index in [1.807, 2.05) is 45.0 Å². The number of hydrogen-bond acceptors (Lipinski definition) is 4. The van der Waals surface area contributed by atoms with E-state index in [9.17, 15) is 13.2 Å². The minimum atomic E-state index is -3.25. The Morgan fingerprint density at radius 3 is 2.36 bits per heavy atom. The molecule has 11 heteroatoms. The minimum absolute atomic E-state index is 0.254. The van der Waals surface area contributed by atoms with Crippen molar-refractivity contribution in [1.82, 2.24) is 14.1 Å². The molecule has 1 aliphatic rings. The van der Waals surface area contributed by atoms with Crippen molar-refractivity contribution in [3.63, 3.8) is 0 Å². The van der Waals surface area contributed by atoms with Crippen molar-refractivity contribution in [1.29, 1.82) is 0 Å². The highest BCUT2D eigenvalue weighted by molar-refractivity contribution is 7.88. The fraction of sp³-hybridized carbons (Fsp3) is 0.360. The van der Waals surface area contributed by atoms with Crippen molar-refractivity contribution in [2.75, 3.05) is 30.0 Å². The lowest BCUT2D eigenvalue weighted by molar-refractivity contribution is 0.262. The molecule has 0 unspecified atom stereocenters. The Balaban J connectivity index is 1.65. The molecule has 8 nitrogen and oxygen atoms in total. The Morgan fingerprint density at radius 1 is 1.00 bits per heavy atom. The molecule has 1 aliphatic heterocycles. The van der Waals surface area contributed by atoms with E-state index in [-0.39, 0.29) is 10.4 Å². The zero-order chi connectivity index (χ0) is 26.3. The second-order valence-electron chi connectivity index (χ2n) is 9.87. The quantitative estimate of drug-likeness (QED) is 0.450. The number of benzene rings is 2. The van der Waals surface area contributed by atoms with Gasteiger partial charge in [-0.2, -0.15) is 5.10 Å². The van der Waals surface area contributed by atoms with E-state index in [2.05, 4.69) is 10.6 Å². The number of anilines is 2. The van der Waals surface area contributed by atoms with Gasteiger partial charge in [-0.1, -0.05) is 56.1 Å². The molecule has 0 fully saturated rings. The van der Waals surface area contributed by atoms with E-state index in [1.165, 1.54) is 10.6 Å². The molecule has 192 valence electrons. The summed E-state index contributed by atoms with van der Waals surface area (Å²) in [5.74, 6) is 0.488. The first-order valence-corrected chi connectivity index (χ1v) is 14.1. The molecular formula is C25H29Cl2N5O3S. The van der Waals surface area contributed by atoms with Gasteiger partial charge in [-0.25, -0.2) is 22.2 Å². The standard InChI is InChI=1S/C25H29Cl2N5O3S/c1-25(2,3)21-15-22(29-24(33)28-20-7-5-6-19(26)23(20)27)32(30-21)18-9-8-16-10-12-31(36(4,34)35)13-11-17(16)14-18/h5-9,14-15H,10-13H2,1-4H3,(H2,28,29,33). The molecule has 0 saturated carbocycles. The first-order valence-electron chi connectivity index (χ1n) is 11.5. The summed E-state index contributed by atoms with van der Waals surface area (Å²) < 4.78 is 27.3. The van der Waals surface area contributed by atoms with E-state index < -0.39 is 16.1 Å².